The molecule has 3 heterocycles. The summed E-state index contributed by atoms with van der Waals surface area (Å²) in [6.07, 6.45) is 3.19. The Balaban J connectivity index is 1.87. The summed E-state index contributed by atoms with van der Waals surface area (Å²) in [6.45, 7) is 3.30. The van der Waals surface area contributed by atoms with Crippen molar-refractivity contribution in [1.82, 2.24) is 19.9 Å². The highest BCUT2D eigenvalue weighted by atomic mass is 35.5. The van der Waals surface area contributed by atoms with E-state index in [2.05, 4.69) is 15.0 Å². The first-order chi connectivity index (χ1) is 13.0. The zero-order valence-electron chi connectivity index (χ0n) is 14.9. The lowest BCUT2D eigenvalue weighted by Gasteiger charge is -2.27. The molecule has 1 saturated heterocycles. The minimum Gasteiger partial charge on any atom is -0.382 e. The summed E-state index contributed by atoms with van der Waals surface area (Å²) in [5.41, 5.74) is 8.92. The molecule has 4 rings (SSSR count). The Morgan fingerprint density at radius 1 is 1.19 bits per heavy atom. The number of H-pyrrole nitrogens is 1. The van der Waals surface area contributed by atoms with Crippen LogP contribution in [0, 0.1) is 6.92 Å². The predicted molar refractivity (Wildman–Crippen MR) is 108 cm³/mol. The molecule has 3 aromatic rings. The van der Waals surface area contributed by atoms with Crippen molar-refractivity contribution in [3.8, 4) is 11.4 Å². The number of imidazole rings is 1. The van der Waals surface area contributed by atoms with Gasteiger partial charge in [0.1, 0.15) is 22.7 Å². The van der Waals surface area contributed by atoms with Gasteiger partial charge in [-0.15, -0.1) is 0 Å². The number of pyridine rings is 1. The number of benzene rings is 1. The summed E-state index contributed by atoms with van der Waals surface area (Å²) in [6, 6.07) is 5.17. The van der Waals surface area contributed by atoms with Gasteiger partial charge in [-0.1, -0.05) is 23.2 Å². The number of nitrogen functional groups attached to an aromatic ring is 1. The number of likely N-dealkylation sites (tertiary alicyclic amines) is 1. The second kappa shape index (κ2) is 7.02. The number of nitrogens with one attached hydrogen (secondary N) is 1. The number of nitrogens with zero attached hydrogens (tertiary/aromatic N) is 3. The number of aryl methyl sites for hydroxylation is 1. The van der Waals surface area contributed by atoms with Gasteiger partial charge in [0, 0.05) is 23.7 Å². The number of piperidine rings is 1. The number of anilines is 1. The number of carbonyl (C=O) groups is 1. The lowest BCUT2D eigenvalue weighted by Crippen LogP contribution is -2.36. The molecule has 1 aromatic carbocycles. The minimum absolute atomic E-state index is 0.0510. The van der Waals surface area contributed by atoms with Crippen molar-refractivity contribution in [3.63, 3.8) is 0 Å². The van der Waals surface area contributed by atoms with Gasteiger partial charge in [0.25, 0.3) is 5.91 Å². The zero-order chi connectivity index (χ0) is 19.1. The van der Waals surface area contributed by atoms with Crippen molar-refractivity contribution in [1.29, 1.82) is 0 Å². The summed E-state index contributed by atoms with van der Waals surface area (Å²) in [5.74, 6) is 0.782. The van der Waals surface area contributed by atoms with Crippen LogP contribution in [0.4, 0.5) is 5.82 Å². The standard InChI is InChI=1S/C19H19Cl2N5O/c1-10-14(19(27)26-7-3-2-4-8-26)15-16(17(22)23-10)25-18(24-15)12-6-5-11(20)9-13(12)21/h5-6,9H,2-4,7-8H2,1H3,(H2,22,23)(H,24,25). The molecule has 1 fully saturated rings. The monoisotopic (exact) mass is 403 g/mol. The lowest BCUT2D eigenvalue weighted by molar-refractivity contribution is 0.0725. The van der Waals surface area contributed by atoms with Gasteiger partial charge >= 0.3 is 0 Å². The van der Waals surface area contributed by atoms with Crippen LogP contribution < -0.4 is 5.73 Å². The first-order valence-electron chi connectivity index (χ1n) is 8.86. The van der Waals surface area contributed by atoms with E-state index in [9.17, 15) is 4.79 Å². The van der Waals surface area contributed by atoms with Gasteiger partial charge in [0.05, 0.1) is 16.3 Å². The second-order valence-electron chi connectivity index (χ2n) is 6.74. The SMILES string of the molecule is Cc1nc(N)c2[nH]c(-c3ccc(Cl)cc3Cl)nc2c1C(=O)N1CCCCC1. The zero-order valence-corrected chi connectivity index (χ0v) is 16.4. The third-order valence-electron chi connectivity index (χ3n) is 4.89. The molecule has 0 saturated carbocycles. The fourth-order valence-electron chi connectivity index (χ4n) is 3.52. The molecule has 1 aliphatic heterocycles. The number of amides is 1. The normalized spacial score (nSPS) is 14.7. The number of hydrogen-bond acceptors (Lipinski definition) is 4. The fraction of sp³-hybridized carbons (Fsp3) is 0.316. The Hall–Kier alpha value is -2.31. The Kier molecular flexibility index (Phi) is 4.70. The molecular weight excluding hydrogens is 385 g/mol. The molecule has 0 bridgehead atoms. The number of nitrogens with two attached hydrogens (primary N) is 1. The topological polar surface area (TPSA) is 87.9 Å². The summed E-state index contributed by atoms with van der Waals surface area (Å²) in [4.78, 5) is 27.2. The number of hydrogen-bond donors (Lipinski definition) is 2. The van der Waals surface area contributed by atoms with Gasteiger partial charge in [0.2, 0.25) is 0 Å². The molecule has 0 radical (unpaired) electrons. The second-order valence-corrected chi connectivity index (χ2v) is 7.59. The van der Waals surface area contributed by atoms with Gasteiger partial charge in [-0.2, -0.15) is 0 Å². The maximum Gasteiger partial charge on any atom is 0.257 e. The average Bonchev–Trinajstić information content (AvgIpc) is 3.07. The maximum atomic E-state index is 13.2. The summed E-state index contributed by atoms with van der Waals surface area (Å²) in [5, 5.41) is 1.01. The van der Waals surface area contributed by atoms with E-state index in [1.54, 1.807) is 25.1 Å². The molecule has 8 heteroatoms. The number of fused-ring (bicyclic) bond motifs is 1. The fourth-order valence-corrected chi connectivity index (χ4v) is 4.02. The van der Waals surface area contributed by atoms with Crippen molar-refractivity contribution in [3.05, 3.63) is 39.5 Å². The first kappa shape index (κ1) is 18.1. The van der Waals surface area contributed by atoms with E-state index in [0.717, 1.165) is 32.4 Å². The maximum absolute atomic E-state index is 13.2. The number of halogens is 2. The molecule has 0 aliphatic carbocycles. The highest BCUT2D eigenvalue weighted by Gasteiger charge is 2.26. The molecule has 3 N–H and O–H groups in total. The molecule has 27 heavy (non-hydrogen) atoms. The molecular formula is C19H19Cl2N5O. The number of rotatable bonds is 2. The van der Waals surface area contributed by atoms with Crippen molar-refractivity contribution in [2.45, 2.75) is 26.2 Å². The highest BCUT2D eigenvalue weighted by molar-refractivity contribution is 6.36. The number of aromatic amines is 1. The minimum atomic E-state index is -0.0510. The van der Waals surface area contributed by atoms with Gasteiger partial charge in [-0.05, 0) is 44.4 Å². The lowest BCUT2D eigenvalue weighted by atomic mass is 10.1. The van der Waals surface area contributed by atoms with E-state index in [-0.39, 0.29) is 5.91 Å². The van der Waals surface area contributed by atoms with Crippen LogP contribution in [0.2, 0.25) is 10.0 Å². The molecule has 0 atom stereocenters. The van der Waals surface area contributed by atoms with Gasteiger partial charge in [0.15, 0.2) is 0 Å². The molecule has 1 amide bonds. The van der Waals surface area contributed by atoms with E-state index in [1.807, 2.05) is 4.90 Å². The average molecular weight is 404 g/mol. The van der Waals surface area contributed by atoms with Crippen LogP contribution >= 0.6 is 23.2 Å². The van der Waals surface area contributed by atoms with Gasteiger partial charge in [-0.25, -0.2) is 9.97 Å². The smallest absolute Gasteiger partial charge is 0.257 e. The first-order valence-corrected chi connectivity index (χ1v) is 9.62. The van der Waals surface area contributed by atoms with Crippen LogP contribution in [0.3, 0.4) is 0 Å². The quantitative estimate of drug-likeness (QED) is 0.661. The van der Waals surface area contributed by atoms with Crippen LogP contribution in [-0.2, 0) is 0 Å². The van der Waals surface area contributed by atoms with E-state index in [1.165, 1.54) is 0 Å². The summed E-state index contributed by atoms with van der Waals surface area (Å²) < 4.78 is 0. The van der Waals surface area contributed by atoms with Crippen molar-refractivity contribution in [2.75, 3.05) is 18.8 Å². The van der Waals surface area contributed by atoms with Crippen LogP contribution in [0.5, 0.6) is 0 Å². The van der Waals surface area contributed by atoms with Crippen molar-refractivity contribution >= 4 is 46.0 Å². The Morgan fingerprint density at radius 2 is 1.93 bits per heavy atom. The van der Waals surface area contributed by atoms with Crippen molar-refractivity contribution < 1.29 is 4.79 Å². The number of carbonyl (C=O) groups excluding carboxylic acids is 1. The summed E-state index contributed by atoms with van der Waals surface area (Å²) >= 11 is 12.3. The van der Waals surface area contributed by atoms with Crippen LogP contribution in [0.1, 0.15) is 35.3 Å². The molecule has 0 unspecified atom stereocenters. The number of aromatic nitrogens is 3. The molecule has 1 aliphatic rings. The van der Waals surface area contributed by atoms with E-state index in [4.69, 9.17) is 28.9 Å². The third kappa shape index (κ3) is 3.24. The highest BCUT2D eigenvalue weighted by Crippen LogP contribution is 2.33. The van der Waals surface area contributed by atoms with Crippen molar-refractivity contribution in [2.24, 2.45) is 0 Å². The Bertz CT molecular complexity index is 1040. The molecule has 2 aromatic heterocycles. The largest absolute Gasteiger partial charge is 0.382 e. The van der Waals surface area contributed by atoms with Crippen LogP contribution in [-0.4, -0.2) is 38.8 Å². The van der Waals surface area contributed by atoms with Crippen LogP contribution in [0.25, 0.3) is 22.4 Å². The van der Waals surface area contributed by atoms with Gasteiger partial charge in [-0.3, -0.25) is 4.79 Å². The van der Waals surface area contributed by atoms with Gasteiger partial charge < -0.3 is 15.6 Å². The Labute approximate surface area is 166 Å². The molecule has 6 nitrogen and oxygen atoms in total. The molecule has 0 spiro atoms. The van der Waals surface area contributed by atoms with Crippen LogP contribution in [0.15, 0.2) is 18.2 Å². The van der Waals surface area contributed by atoms with E-state index in [0.29, 0.717) is 49.5 Å². The van der Waals surface area contributed by atoms with E-state index >= 15 is 0 Å². The van der Waals surface area contributed by atoms with E-state index < -0.39 is 0 Å². The Morgan fingerprint density at radius 3 is 2.63 bits per heavy atom. The predicted octanol–water partition coefficient (Wildman–Crippen LogP) is 4.45. The third-order valence-corrected chi connectivity index (χ3v) is 5.44. The summed E-state index contributed by atoms with van der Waals surface area (Å²) in [7, 11) is 0. The molecule has 140 valence electrons.